The van der Waals surface area contributed by atoms with Crippen LogP contribution in [-0.4, -0.2) is 19.6 Å². The second-order valence-electron chi connectivity index (χ2n) is 5.13. The highest BCUT2D eigenvalue weighted by Crippen LogP contribution is 2.26. The lowest BCUT2D eigenvalue weighted by atomic mass is 9.95. The summed E-state index contributed by atoms with van der Waals surface area (Å²) in [6, 6.07) is 14.1. The van der Waals surface area contributed by atoms with E-state index in [-0.39, 0.29) is 5.91 Å². The molecule has 22 heavy (non-hydrogen) atoms. The van der Waals surface area contributed by atoms with Gasteiger partial charge in [0.25, 0.3) is 5.91 Å². The summed E-state index contributed by atoms with van der Waals surface area (Å²) in [5.74, 6) is -0.179. The number of carbonyl (C=O) groups excluding carboxylic acids is 1. The first-order valence-electron chi connectivity index (χ1n) is 6.79. The van der Waals surface area contributed by atoms with Crippen molar-refractivity contribution in [1.82, 2.24) is 5.32 Å². The summed E-state index contributed by atoms with van der Waals surface area (Å²) in [6.07, 6.45) is 0. The second kappa shape index (κ2) is 7.14. The van der Waals surface area contributed by atoms with Gasteiger partial charge in [-0.2, -0.15) is 0 Å². The van der Waals surface area contributed by atoms with E-state index in [1.807, 2.05) is 25.1 Å². The number of rotatable bonds is 5. The molecule has 0 aliphatic rings. The van der Waals surface area contributed by atoms with E-state index in [4.69, 9.17) is 27.9 Å². The number of nitrogens with one attached hydrogen (secondary N) is 1. The third-order valence-electron chi connectivity index (χ3n) is 3.58. The lowest BCUT2D eigenvalue weighted by Gasteiger charge is -2.29. The van der Waals surface area contributed by atoms with Crippen LogP contribution in [0.3, 0.4) is 0 Å². The molecule has 5 heteroatoms. The number of amides is 1. The molecule has 3 nitrogen and oxygen atoms in total. The fourth-order valence-electron chi connectivity index (χ4n) is 2.06. The van der Waals surface area contributed by atoms with Gasteiger partial charge in [-0.05, 0) is 48.9 Å². The summed E-state index contributed by atoms with van der Waals surface area (Å²) in [4.78, 5) is 12.2. The first kappa shape index (κ1) is 16.8. The zero-order valence-electron chi connectivity index (χ0n) is 12.4. The van der Waals surface area contributed by atoms with Crippen LogP contribution in [0.15, 0.2) is 48.5 Å². The Morgan fingerprint density at radius 3 is 2.41 bits per heavy atom. The average molecular weight is 338 g/mol. The van der Waals surface area contributed by atoms with Crippen molar-refractivity contribution in [3.05, 3.63) is 69.7 Å². The molecule has 0 saturated heterocycles. The van der Waals surface area contributed by atoms with E-state index in [9.17, 15) is 4.79 Å². The molecule has 1 unspecified atom stereocenters. The van der Waals surface area contributed by atoms with Gasteiger partial charge in [-0.3, -0.25) is 4.79 Å². The molecule has 0 radical (unpaired) electrons. The van der Waals surface area contributed by atoms with Crippen molar-refractivity contribution in [3.63, 3.8) is 0 Å². The molecular formula is C17H17Cl2NO2. The van der Waals surface area contributed by atoms with Crippen LogP contribution < -0.4 is 5.32 Å². The normalized spacial score (nSPS) is 13.5. The van der Waals surface area contributed by atoms with Crippen molar-refractivity contribution < 1.29 is 9.53 Å². The smallest absolute Gasteiger partial charge is 0.251 e. The van der Waals surface area contributed by atoms with E-state index in [1.165, 1.54) is 0 Å². The lowest BCUT2D eigenvalue weighted by Crippen LogP contribution is -2.40. The Kier molecular flexibility index (Phi) is 5.46. The Balaban J connectivity index is 2.10. The number of benzene rings is 2. The predicted octanol–water partition coefficient (Wildman–Crippen LogP) is 4.29. The molecule has 2 rings (SSSR count). The van der Waals surface area contributed by atoms with Gasteiger partial charge in [0.2, 0.25) is 0 Å². The third-order valence-corrected chi connectivity index (χ3v) is 4.07. The summed E-state index contributed by atoms with van der Waals surface area (Å²) in [5.41, 5.74) is 0.792. The number of hydrogen-bond acceptors (Lipinski definition) is 2. The minimum Gasteiger partial charge on any atom is -0.372 e. The second-order valence-corrected chi connectivity index (χ2v) is 6.01. The highest BCUT2D eigenvalue weighted by Gasteiger charge is 2.27. The maximum absolute atomic E-state index is 12.2. The quantitative estimate of drug-likeness (QED) is 0.883. The molecule has 0 bridgehead atoms. The van der Waals surface area contributed by atoms with Gasteiger partial charge in [-0.25, -0.2) is 0 Å². The van der Waals surface area contributed by atoms with E-state index in [0.29, 0.717) is 22.2 Å². The summed E-state index contributed by atoms with van der Waals surface area (Å²) in [7, 11) is 1.61. The molecule has 0 aromatic heterocycles. The Labute approximate surface area is 140 Å². The zero-order chi connectivity index (χ0) is 16.2. The van der Waals surface area contributed by atoms with Crippen LogP contribution in [0, 0.1) is 0 Å². The molecule has 2 aromatic rings. The fraction of sp³-hybridized carbons (Fsp3) is 0.235. The molecule has 0 spiro atoms. The Morgan fingerprint density at radius 1 is 1.14 bits per heavy atom. The molecule has 0 aliphatic heterocycles. The van der Waals surface area contributed by atoms with Crippen molar-refractivity contribution >= 4 is 29.1 Å². The van der Waals surface area contributed by atoms with Crippen molar-refractivity contribution in [2.24, 2.45) is 0 Å². The monoisotopic (exact) mass is 337 g/mol. The third kappa shape index (κ3) is 4.01. The van der Waals surface area contributed by atoms with E-state index in [1.54, 1.807) is 37.4 Å². The van der Waals surface area contributed by atoms with E-state index in [0.717, 1.165) is 5.56 Å². The Hall–Kier alpha value is -1.55. The van der Waals surface area contributed by atoms with Gasteiger partial charge in [0.05, 0.1) is 6.54 Å². The van der Waals surface area contributed by atoms with Crippen molar-refractivity contribution in [3.8, 4) is 0 Å². The molecule has 0 heterocycles. The van der Waals surface area contributed by atoms with Gasteiger partial charge in [0.15, 0.2) is 0 Å². The SMILES string of the molecule is COC(C)(CNC(=O)c1ccc(Cl)cc1)c1cccc(Cl)c1. The van der Waals surface area contributed by atoms with Crippen LogP contribution in [0.2, 0.25) is 10.0 Å². The maximum Gasteiger partial charge on any atom is 0.251 e. The van der Waals surface area contributed by atoms with Crippen LogP contribution in [0.4, 0.5) is 0 Å². The van der Waals surface area contributed by atoms with Gasteiger partial charge < -0.3 is 10.1 Å². The Morgan fingerprint density at radius 2 is 1.82 bits per heavy atom. The van der Waals surface area contributed by atoms with Crippen LogP contribution in [0.1, 0.15) is 22.8 Å². The largest absolute Gasteiger partial charge is 0.372 e. The van der Waals surface area contributed by atoms with Crippen molar-refractivity contribution in [1.29, 1.82) is 0 Å². The minimum absolute atomic E-state index is 0.179. The number of methoxy groups -OCH3 is 1. The predicted molar refractivity (Wildman–Crippen MR) is 89.6 cm³/mol. The first-order chi connectivity index (χ1) is 10.4. The minimum atomic E-state index is -0.660. The Bertz CT molecular complexity index is 658. The first-order valence-corrected chi connectivity index (χ1v) is 7.55. The number of halogens is 2. The topological polar surface area (TPSA) is 38.3 Å². The van der Waals surface area contributed by atoms with Gasteiger partial charge in [0.1, 0.15) is 5.60 Å². The fourth-order valence-corrected chi connectivity index (χ4v) is 2.38. The number of ether oxygens (including phenoxy) is 1. The van der Waals surface area contributed by atoms with Gasteiger partial charge in [-0.1, -0.05) is 35.3 Å². The summed E-state index contributed by atoms with van der Waals surface area (Å²) < 4.78 is 5.59. The number of carbonyl (C=O) groups is 1. The average Bonchev–Trinajstić information content (AvgIpc) is 2.53. The zero-order valence-corrected chi connectivity index (χ0v) is 13.9. The standard InChI is InChI=1S/C17H17Cl2NO2/c1-17(22-2,13-4-3-5-15(19)10-13)11-20-16(21)12-6-8-14(18)9-7-12/h3-10H,11H2,1-2H3,(H,20,21). The summed E-state index contributed by atoms with van der Waals surface area (Å²) in [5, 5.41) is 4.10. The van der Waals surface area contributed by atoms with Crippen LogP contribution >= 0.6 is 23.2 Å². The molecule has 0 saturated carbocycles. The molecule has 1 atom stereocenters. The molecule has 1 N–H and O–H groups in total. The highest BCUT2D eigenvalue weighted by atomic mass is 35.5. The summed E-state index contributed by atoms with van der Waals surface area (Å²) in [6.45, 7) is 2.23. The van der Waals surface area contributed by atoms with Gasteiger partial charge in [-0.15, -0.1) is 0 Å². The molecule has 2 aromatic carbocycles. The van der Waals surface area contributed by atoms with Crippen LogP contribution in [-0.2, 0) is 10.3 Å². The van der Waals surface area contributed by atoms with E-state index >= 15 is 0 Å². The molecular weight excluding hydrogens is 321 g/mol. The molecule has 0 fully saturated rings. The van der Waals surface area contributed by atoms with Gasteiger partial charge in [0, 0.05) is 22.7 Å². The van der Waals surface area contributed by atoms with Crippen LogP contribution in [0.25, 0.3) is 0 Å². The maximum atomic E-state index is 12.2. The molecule has 116 valence electrons. The molecule has 1 amide bonds. The van der Waals surface area contributed by atoms with Crippen molar-refractivity contribution in [2.45, 2.75) is 12.5 Å². The molecule has 0 aliphatic carbocycles. The summed E-state index contributed by atoms with van der Waals surface area (Å²) >= 11 is 11.8. The van der Waals surface area contributed by atoms with Gasteiger partial charge >= 0.3 is 0 Å². The number of hydrogen-bond donors (Lipinski definition) is 1. The van der Waals surface area contributed by atoms with Crippen LogP contribution in [0.5, 0.6) is 0 Å². The lowest BCUT2D eigenvalue weighted by molar-refractivity contribution is 0.00315. The van der Waals surface area contributed by atoms with E-state index < -0.39 is 5.60 Å². The van der Waals surface area contributed by atoms with Crippen molar-refractivity contribution in [2.75, 3.05) is 13.7 Å². The highest BCUT2D eigenvalue weighted by molar-refractivity contribution is 6.30. The van der Waals surface area contributed by atoms with E-state index in [2.05, 4.69) is 5.32 Å².